The van der Waals surface area contributed by atoms with Crippen molar-refractivity contribution in [2.75, 3.05) is 12.4 Å². The molecule has 0 aliphatic carbocycles. The molecular formula is C14H11Cl2N3O2. The van der Waals surface area contributed by atoms with Crippen molar-refractivity contribution < 1.29 is 9.59 Å². The second kappa shape index (κ2) is 6.56. The summed E-state index contributed by atoms with van der Waals surface area (Å²) in [7, 11) is 1.51. The summed E-state index contributed by atoms with van der Waals surface area (Å²) in [4.78, 5) is 27.8. The zero-order chi connectivity index (χ0) is 15.4. The van der Waals surface area contributed by atoms with Gasteiger partial charge in [0.15, 0.2) is 0 Å². The second-order valence-corrected chi connectivity index (χ2v) is 4.84. The number of carbonyl (C=O) groups is 2. The van der Waals surface area contributed by atoms with Gasteiger partial charge in [0, 0.05) is 7.05 Å². The number of benzene rings is 1. The van der Waals surface area contributed by atoms with E-state index in [9.17, 15) is 9.59 Å². The van der Waals surface area contributed by atoms with Crippen molar-refractivity contribution in [1.29, 1.82) is 0 Å². The topological polar surface area (TPSA) is 71.1 Å². The Morgan fingerprint density at radius 1 is 1.05 bits per heavy atom. The molecule has 0 saturated carbocycles. The zero-order valence-corrected chi connectivity index (χ0v) is 12.5. The van der Waals surface area contributed by atoms with E-state index in [1.807, 2.05) is 0 Å². The summed E-state index contributed by atoms with van der Waals surface area (Å²) in [5.41, 5.74) is 0.696. The number of hydrogen-bond acceptors (Lipinski definition) is 3. The first-order chi connectivity index (χ1) is 10.0. The molecular weight excluding hydrogens is 313 g/mol. The molecule has 21 heavy (non-hydrogen) atoms. The maximum absolute atomic E-state index is 12.2. The molecule has 2 rings (SSSR count). The van der Waals surface area contributed by atoms with Crippen molar-refractivity contribution in [2.24, 2.45) is 0 Å². The summed E-state index contributed by atoms with van der Waals surface area (Å²) in [5, 5.41) is 5.44. The minimum atomic E-state index is -0.543. The average Bonchev–Trinajstić information content (AvgIpc) is 2.49. The molecule has 1 aromatic carbocycles. The summed E-state index contributed by atoms with van der Waals surface area (Å²) >= 11 is 11.7. The van der Waals surface area contributed by atoms with Gasteiger partial charge in [0.25, 0.3) is 11.8 Å². The fraction of sp³-hybridized carbons (Fsp3) is 0.0714. The van der Waals surface area contributed by atoms with Crippen LogP contribution in [0.2, 0.25) is 10.2 Å². The SMILES string of the molecule is CNC(=O)c1ccccc1NC(=O)c1nc(Cl)ccc1Cl. The van der Waals surface area contributed by atoms with E-state index in [0.29, 0.717) is 11.3 Å². The predicted octanol–water partition coefficient (Wildman–Crippen LogP) is 3.00. The Labute approximate surface area is 131 Å². The standard InChI is InChI=1S/C14H11Cl2N3O2/c1-17-13(20)8-4-2-3-5-10(8)18-14(21)12-9(15)6-7-11(16)19-12/h2-7H,1H3,(H,17,20)(H,18,21). The first kappa shape index (κ1) is 15.3. The Morgan fingerprint density at radius 2 is 1.76 bits per heavy atom. The molecule has 7 heteroatoms. The van der Waals surface area contributed by atoms with E-state index < -0.39 is 5.91 Å². The first-order valence-electron chi connectivity index (χ1n) is 5.97. The molecule has 1 aromatic heterocycles. The fourth-order valence-electron chi connectivity index (χ4n) is 1.68. The highest BCUT2D eigenvalue weighted by molar-refractivity contribution is 6.35. The molecule has 0 bridgehead atoms. The van der Waals surface area contributed by atoms with Gasteiger partial charge in [-0.2, -0.15) is 0 Å². The molecule has 0 radical (unpaired) electrons. The number of para-hydroxylation sites is 1. The lowest BCUT2D eigenvalue weighted by molar-refractivity contribution is 0.0964. The number of anilines is 1. The molecule has 0 aliphatic rings. The van der Waals surface area contributed by atoms with Crippen LogP contribution < -0.4 is 10.6 Å². The van der Waals surface area contributed by atoms with Crippen LogP contribution in [-0.4, -0.2) is 23.8 Å². The Balaban J connectivity index is 2.32. The van der Waals surface area contributed by atoms with Gasteiger partial charge in [-0.3, -0.25) is 9.59 Å². The van der Waals surface area contributed by atoms with Gasteiger partial charge in [0.2, 0.25) is 0 Å². The maximum Gasteiger partial charge on any atom is 0.275 e. The molecule has 2 aromatic rings. The lowest BCUT2D eigenvalue weighted by Crippen LogP contribution is -2.22. The van der Waals surface area contributed by atoms with Crippen LogP contribution in [0.5, 0.6) is 0 Å². The van der Waals surface area contributed by atoms with Crippen LogP contribution in [0.25, 0.3) is 0 Å². The Kier molecular flexibility index (Phi) is 4.77. The lowest BCUT2D eigenvalue weighted by atomic mass is 10.1. The van der Waals surface area contributed by atoms with Crippen LogP contribution in [0.15, 0.2) is 36.4 Å². The fourth-order valence-corrected chi connectivity index (χ4v) is 2.02. The van der Waals surface area contributed by atoms with Crippen molar-refractivity contribution >= 4 is 40.7 Å². The van der Waals surface area contributed by atoms with Gasteiger partial charge in [-0.05, 0) is 24.3 Å². The average molecular weight is 324 g/mol. The molecule has 0 atom stereocenters. The number of aromatic nitrogens is 1. The van der Waals surface area contributed by atoms with E-state index in [2.05, 4.69) is 15.6 Å². The van der Waals surface area contributed by atoms with Gasteiger partial charge in [-0.25, -0.2) is 4.98 Å². The smallest absolute Gasteiger partial charge is 0.275 e. The molecule has 0 saturated heterocycles. The Bertz CT molecular complexity index is 704. The van der Waals surface area contributed by atoms with Crippen LogP contribution in [0.3, 0.4) is 0 Å². The molecule has 0 spiro atoms. The van der Waals surface area contributed by atoms with Crippen LogP contribution in [0.4, 0.5) is 5.69 Å². The summed E-state index contributed by atoms with van der Waals surface area (Å²) in [6.45, 7) is 0. The summed E-state index contributed by atoms with van der Waals surface area (Å²) in [6.07, 6.45) is 0. The van der Waals surface area contributed by atoms with Gasteiger partial charge >= 0.3 is 0 Å². The largest absolute Gasteiger partial charge is 0.355 e. The third-order valence-electron chi connectivity index (χ3n) is 2.67. The molecule has 108 valence electrons. The second-order valence-electron chi connectivity index (χ2n) is 4.04. The summed E-state index contributed by atoms with van der Waals surface area (Å²) in [6, 6.07) is 9.58. The van der Waals surface area contributed by atoms with E-state index >= 15 is 0 Å². The van der Waals surface area contributed by atoms with E-state index in [4.69, 9.17) is 23.2 Å². The number of hydrogen-bond donors (Lipinski definition) is 2. The highest BCUT2D eigenvalue weighted by Crippen LogP contribution is 2.20. The molecule has 0 unspecified atom stereocenters. The van der Waals surface area contributed by atoms with Gasteiger partial charge < -0.3 is 10.6 Å². The Hall–Kier alpha value is -2.11. The van der Waals surface area contributed by atoms with Gasteiger partial charge in [0.1, 0.15) is 10.8 Å². The summed E-state index contributed by atoms with van der Waals surface area (Å²) < 4.78 is 0. The number of halogens is 2. The number of nitrogens with one attached hydrogen (secondary N) is 2. The van der Waals surface area contributed by atoms with Crippen molar-refractivity contribution in [3.63, 3.8) is 0 Å². The van der Waals surface area contributed by atoms with Gasteiger partial charge in [0.05, 0.1) is 16.3 Å². The Morgan fingerprint density at radius 3 is 2.48 bits per heavy atom. The molecule has 1 heterocycles. The maximum atomic E-state index is 12.2. The third-order valence-corrected chi connectivity index (χ3v) is 3.19. The van der Waals surface area contributed by atoms with Crippen LogP contribution >= 0.6 is 23.2 Å². The van der Waals surface area contributed by atoms with Crippen molar-refractivity contribution in [1.82, 2.24) is 10.3 Å². The van der Waals surface area contributed by atoms with E-state index in [1.165, 1.54) is 19.2 Å². The minimum absolute atomic E-state index is 0.00382. The number of rotatable bonds is 3. The molecule has 2 N–H and O–H groups in total. The van der Waals surface area contributed by atoms with Crippen molar-refractivity contribution in [3.05, 3.63) is 57.8 Å². The number of nitrogens with zero attached hydrogens (tertiary/aromatic N) is 1. The third kappa shape index (κ3) is 3.51. The van der Waals surface area contributed by atoms with Crippen LogP contribution in [0, 0.1) is 0 Å². The molecule has 0 fully saturated rings. The molecule has 0 aliphatic heterocycles. The molecule has 2 amide bonds. The van der Waals surface area contributed by atoms with Gasteiger partial charge in [-0.1, -0.05) is 35.3 Å². The van der Waals surface area contributed by atoms with Crippen LogP contribution in [0.1, 0.15) is 20.8 Å². The van der Waals surface area contributed by atoms with Gasteiger partial charge in [-0.15, -0.1) is 0 Å². The number of pyridine rings is 1. The minimum Gasteiger partial charge on any atom is -0.355 e. The first-order valence-corrected chi connectivity index (χ1v) is 6.73. The van der Waals surface area contributed by atoms with Crippen molar-refractivity contribution in [3.8, 4) is 0 Å². The van der Waals surface area contributed by atoms with Crippen LogP contribution in [-0.2, 0) is 0 Å². The van der Waals surface area contributed by atoms with E-state index in [-0.39, 0.29) is 21.8 Å². The normalized spacial score (nSPS) is 10.0. The summed E-state index contributed by atoms with van der Waals surface area (Å²) in [5.74, 6) is -0.852. The number of amides is 2. The molecule has 5 nitrogen and oxygen atoms in total. The highest BCUT2D eigenvalue weighted by atomic mass is 35.5. The zero-order valence-electron chi connectivity index (χ0n) is 11.0. The number of carbonyl (C=O) groups excluding carboxylic acids is 2. The quantitative estimate of drug-likeness (QED) is 0.853. The van der Waals surface area contributed by atoms with E-state index in [0.717, 1.165) is 0 Å². The monoisotopic (exact) mass is 323 g/mol. The van der Waals surface area contributed by atoms with Crippen molar-refractivity contribution in [2.45, 2.75) is 0 Å². The lowest BCUT2D eigenvalue weighted by Gasteiger charge is -2.10. The predicted molar refractivity (Wildman–Crippen MR) is 82.0 cm³/mol. The highest BCUT2D eigenvalue weighted by Gasteiger charge is 2.16. The van der Waals surface area contributed by atoms with E-state index in [1.54, 1.807) is 24.3 Å².